The molecule has 1 N–H and O–H groups in total. The fourth-order valence-electron chi connectivity index (χ4n) is 4.92. The average Bonchev–Trinajstić information content (AvgIpc) is 3.32. The van der Waals surface area contributed by atoms with Crippen LogP contribution in [0.2, 0.25) is 0 Å². The molecule has 4 rings (SSSR count). The van der Waals surface area contributed by atoms with E-state index in [0.29, 0.717) is 50.5 Å². The van der Waals surface area contributed by atoms with E-state index in [2.05, 4.69) is 26.1 Å². The zero-order valence-electron chi connectivity index (χ0n) is 24.0. The fraction of sp³-hybridized carbons (Fsp3) is 0.387. The van der Waals surface area contributed by atoms with Gasteiger partial charge >= 0.3 is 5.97 Å². The third kappa shape index (κ3) is 6.14. The number of benzene rings is 2. The van der Waals surface area contributed by atoms with Gasteiger partial charge in [0.15, 0.2) is 11.5 Å². The summed E-state index contributed by atoms with van der Waals surface area (Å²) in [5.74, 6) is 1.53. The number of carbonyl (C=O) groups is 2. The van der Waals surface area contributed by atoms with Crippen molar-refractivity contribution in [2.75, 3.05) is 33.8 Å². The molecule has 1 aliphatic rings. The van der Waals surface area contributed by atoms with Gasteiger partial charge in [-0.25, -0.2) is 9.79 Å². The highest BCUT2D eigenvalue weighted by molar-refractivity contribution is 7.16. The molecule has 1 atom stereocenters. The number of anilines is 1. The van der Waals surface area contributed by atoms with Crippen LogP contribution in [0.3, 0.4) is 0 Å². The number of hydrogen-bond acceptors (Lipinski definition) is 8. The standard InChI is InChI=1S/C31H36N2O6S/c1-31(2,3)20-10-13-22-26(15-20)40-29(32-17-19-14-24(37-5)25(38-6)16-23(19)36-4)27(22)28(34)33-21-11-8-18(9-12-21)30(35)39-7/h8-9,11-12,14,16-17,20H,10,13,15H2,1-7H3,(H,33,34). The quantitative estimate of drug-likeness (QED) is 0.241. The van der Waals surface area contributed by atoms with Gasteiger partial charge in [-0.1, -0.05) is 20.8 Å². The highest BCUT2D eigenvalue weighted by atomic mass is 32.1. The van der Waals surface area contributed by atoms with Crippen molar-refractivity contribution in [2.24, 2.45) is 16.3 Å². The molecule has 40 heavy (non-hydrogen) atoms. The maximum absolute atomic E-state index is 13.7. The van der Waals surface area contributed by atoms with Crippen LogP contribution in [0, 0.1) is 11.3 Å². The Hall–Kier alpha value is -3.85. The predicted molar refractivity (Wildman–Crippen MR) is 158 cm³/mol. The van der Waals surface area contributed by atoms with Crippen molar-refractivity contribution >= 4 is 40.1 Å². The van der Waals surface area contributed by atoms with Crippen molar-refractivity contribution < 1.29 is 28.5 Å². The lowest BCUT2D eigenvalue weighted by atomic mass is 9.72. The van der Waals surface area contributed by atoms with Crippen LogP contribution in [0.25, 0.3) is 0 Å². The van der Waals surface area contributed by atoms with Gasteiger partial charge in [0.05, 0.1) is 39.6 Å². The predicted octanol–water partition coefficient (Wildman–Crippen LogP) is 6.71. The number of hydrogen-bond donors (Lipinski definition) is 1. The van der Waals surface area contributed by atoms with Gasteiger partial charge < -0.3 is 24.3 Å². The van der Waals surface area contributed by atoms with Crippen LogP contribution in [-0.4, -0.2) is 46.5 Å². The Morgan fingerprint density at radius 2 is 1.62 bits per heavy atom. The molecule has 0 fully saturated rings. The summed E-state index contributed by atoms with van der Waals surface area (Å²) < 4.78 is 21.2. The molecule has 1 aliphatic carbocycles. The first-order chi connectivity index (χ1) is 19.1. The van der Waals surface area contributed by atoms with Gasteiger partial charge in [-0.15, -0.1) is 11.3 Å². The molecule has 3 aromatic rings. The Bertz CT molecular complexity index is 1420. The molecule has 0 saturated carbocycles. The number of amides is 1. The molecule has 0 saturated heterocycles. The number of ether oxygens (including phenoxy) is 4. The molecule has 1 amide bonds. The van der Waals surface area contributed by atoms with E-state index in [1.54, 1.807) is 75.3 Å². The Kier molecular flexibility index (Phi) is 8.83. The minimum Gasteiger partial charge on any atom is -0.496 e. The van der Waals surface area contributed by atoms with Crippen LogP contribution in [0.5, 0.6) is 17.2 Å². The summed E-state index contributed by atoms with van der Waals surface area (Å²) in [6.45, 7) is 6.80. The van der Waals surface area contributed by atoms with Crippen LogP contribution in [-0.2, 0) is 17.6 Å². The number of aliphatic imine (C=N–C) groups is 1. The number of rotatable bonds is 8. The molecule has 0 radical (unpaired) electrons. The number of thiophene rings is 1. The highest BCUT2D eigenvalue weighted by Crippen LogP contribution is 2.45. The molecule has 1 unspecified atom stereocenters. The summed E-state index contributed by atoms with van der Waals surface area (Å²) in [6.07, 6.45) is 4.43. The van der Waals surface area contributed by atoms with Gasteiger partial charge in [0.2, 0.25) is 0 Å². The molecule has 2 aromatic carbocycles. The van der Waals surface area contributed by atoms with E-state index < -0.39 is 5.97 Å². The maximum atomic E-state index is 13.7. The van der Waals surface area contributed by atoms with Crippen LogP contribution in [0.1, 0.15) is 63.9 Å². The van der Waals surface area contributed by atoms with Crippen LogP contribution >= 0.6 is 11.3 Å². The lowest BCUT2D eigenvalue weighted by Gasteiger charge is -2.33. The minimum absolute atomic E-state index is 0.169. The molecule has 1 heterocycles. The second-order valence-electron chi connectivity index (χ2n) is 10.7. The van der Waals surface area contributed by atoms with Crippen molar-refractivity contribution in [3.8, 4) is 17.2 Å². The molecule has 8 nitrogen and oxygen atoms in total. The third-order valence-corrected chi connectivity index (χ3v) is 8.48. The van der Waals surface area contributed by atoms with Gasteiger partial charge in [0.1, 0.15) is 10.8 Å². The van der Waals surface area contributed by atoms with E-state index in [1.807, 2.05) is 0 Å². The lowest BCUT2D eigenvalue weighted by Crippen LogP contribution is -2.27. The minimum atomic E-state index is -0.430. The van der Waals surface area contributed by atoms with Gasteiger partial charge in [-0.2, -0.15) is 0 Å². The Morgan fingerprint density at radius 3 is 2.23 bits per heavy atom. The van der Waals surface area contributed by atoms with Gasteiger partial charge in [0.25, 0.3) is 5.91 Å². The summed E-state index contributed by atoms with van der Waals surface area (Å²) >= 11 is 1.56. The van der Waals surface area contributed by atoms with Crippen LogP contribution in [0.4, 0.5) is 10.7 Å². The van der Waals surface area contributed by atoms with Gasteiger partial charge in [-0.05, 0) is 66.5 Å². The number of nitrogens with zero attached hydrogens (tertiary/aromatic N) is 1. The Morgan fingerprint density at radius 1 is 0.975 bits per heavy atom. The van der Waals surface area contributed by atoms with E-state index in [4.69, 9.17) is 23.9 Å². The summed E-state index contributed by atoms with van der Waals surface area (Å²) in [6, 6.07) is 10.2. The van der Waals surface area contributed by atoms with E-state index in [0.717, 1.165) is 24.8 Å². The van der Waals surface area contributed by atoms with Crippen LogP contribution < -0.4 is 19.5 Å². The van der Waals surface area contributed by atoms with Crippen molar-refractivity contribution in [1.29, 1.82) is 0 Å². The summed E-state index contributed by atoms with van der Waals surface area (Å²) in [5, 5.41) is 3.63. The summed E-state index contributed by atoms with van der Waals surface area (Å²) in [4.78, 5) is 31.5. The SMILES string of the molecule is COC(=O)c1ccc(NC(=O)c2c(N=Cc3cc(OC)c(OC)cc3OC)sc3c2CCC(C(C)(C)C)C3)cc1. The van der Waals surface area contributed by atoms with Gasteiger partial charge in [0, 0.05) is 28.4 Å². The topological polar surface area (TPSA) is 95.5 Å². The largest absolute Gasteiger partial charge is 0.496 e. The fourth-order valence-corrected chi connectivity index (χ4v) is 6.19. The van der Waals surface area contributed by atoms with Crippen molar-refractivity contribution in [3.63, 3.8) is 0 Å². The summed E-state index contributed by atoms with van der Waals surface area (Å²) in [5.41, 5.74) is 3.50. The molecule has 0 spiro atoms. The molecular formula is C31H36N2O6S. The Balaban J connectivity index is 1.72. The number of fused-ring (bicyclic) bond motifs is 1. The smallest absolute Gasteiger partial charge is 0.337 e. The molecule has 9 heteroatoms. The lowest BCUT2D eigenvalue weighted by molar-refractivity contribution is 0.0600. The van der Waals surface area contributed by atoms with Crippen molar-refractivity contribution in [3.05, 3.63) is 63.5 Å². The Labute approximate surface area is 239 Å². The number of carbonyl (C=O) groups excluding carboxylic acids is 2. The monoisotopic (exact) mass is 564 g/mol. The zero-order valence-corrected chi connectivity index (χ0v) is 24.9. The molecule has 1 aromatic heterocycles. The average molecular weight is 565 g/mol. The van der Waals surface area contributed by atoms with Crippen molar-refractivity contribution in [2.45, 2.75) is 40.0 Å². The van der Waals surface area contributed by atoms with Crippen LogP contribution in [0.15, 0.2) is 41.4 Å². The van der Waals surface area contributed by atoms with E-state index in [-0.39, 0.29) is 11.3 Å². The summed E-state index contributed by atoms with van der Waals surface area (Å²) in [7, 11) is 6.06. The first-order valence-electron chi connectivity index (χ1n) is 13.1. The van der Waals surface area contributed by atoms with Crippen molar-refractivity contribution in [1.82, 2.24) is 0 Å². The molecule has 0 bridgehead atoms. The van der Waals surface area contributed by atoms with Gasteiger partial charge in [-0.3, -0.25) is 4.79 Å². The first-order valence-corrected chi connectivity index (χ1v) is 13.9. The van der Waals surface area contributed by atoms with E-state index >= 15 is 0 Å². The number of nitrogens with one attached hydrogen (secondary N) is 1. The van der Waals surface area contributed by atoms with E-state index in [9.17, 15) is 9.59 Å². The molecule has 212 valence electrons. The second-order valence-corrected chi connectivity index (χ2v) is 11.8. The number of methoxy groups -OCH3 is 4. The maximum Gasteiger partial charge on any atom is 0.337 e. The third-order valence-electron chi connectivity index (χ3n) is 7.32. The van der Waals surface area contributed by atoms with E-state index in [1.165, 1.54) is 12.0 Å². The normalized spacial score (nSPS) is 14.9. The molecular weight excluding hydrogens is 528 g/mol. The second kappa shape index (κ2) is 12.1. The number of esters is 1. The zero-order chi connectivity index (χ0) is 29.0. The first kappa shape index (κ1) is 29.1. The highest BCUT2D eigenvalue weighted by Gasteiger charge is 2.33. The molecule has 0 aliphatic heterocycles.